The van der Waals surface area contributed by atoms with Crippen LogP contribution in [0.1, 0.15) is 24.4 Å². The summed E-state index contributed by atoms with van der Waals surface area (Å²) in [6.45, 7) is 1.74. The largest absolute Gasteiger partial charge is 0.504 e. The Bertz CT molecular complexity index is 442. The number of methoxy groups -OCH3 is 1. The first-order valence-electron chi connectivity index (χ1n) is 6.03. The number of benzene rings is 1. The highest BCUT2D eigenvalue weighted by molar-refractivity contribution is 5.81. The van der Waals surface area contributed by atoms with Crippen molar-refractivity contribution >= 4 is 5.91 Å². The van der Waals surface area contributed by atoms with Crippen LogP contribution in [-0.2, 0) is 4.79 Å². The molecule has 3 N–H and O–H groups in total. The standard InChI is InChI=1S/C13H18N2O3/c1-18-11-8-9(4-5-10(11)16)12(13(14)17)15-6-2-3-7-15/h4-5,8,12,16H,2-3,6-7H2,1H3,(H2,14,17). The summed E-state index contributed by atoms with van der Waals surface area (Å²) in [7, 11) is 1.48. The van der Waals surface area contributed by atoms with Gasteiger partial charge < -0.3 is 15.6 Å². The molecule has 0 aliphatic carbocycles. The lowest BCUT2D eigenvalue weighted by Crippen LogP contribution is -2.36. The van der Waals surface area contributed by atoms with Gasteiger partial charge in [0.1, 0.15) is 6.04 Å². The Morgan fingerprint density at radius 1 is 1.44 bits per heavy atom. The zero-order valence-electron chi connectivity index (χ0n) is 10.4. The number of primary amides is 1. The fourth-order valence-electron chi connectivity index (χ4n) is 2.42. The van der Waals surface area contributed by atoms with E-state index in [-0.39, 0.29) is 11.7 Å². The lowest BCUT2D eigenvalue weighted by molar-refractivity contribution is -0.123. The van der Waals surface area contributed by atoms with Crippen LogP contribution in [0.15, 0.2) is 18.2 Å². The van der Waals surface area contributed by atoms with Crippen molar-refractivity contribution in [3.63, 3.8) is 0 Å². The number of carbonyl (C=O) groups excluding carboxylic acids is 1. The highest BCUT2D eigenvalue weighted by Gasteiger charge is 2.28. The van der Waals surface area contributed by atoms with Gasteiger partial charge in [-0.15, -0.1) is 0 Å². The Morgan fingerprint density at radius 3 is 2.67 bits per heavy atom. The minimum Gasteiger partial charge on any atom is -0.504 e. The number of nitrogens with zero attached hydrogens (tertiary/aromatic N) is 1. The molecule has 1 aliphatic heterocycles. The molecule has 0 aromatic heterocycles. The highest BCUT2D eigenvalue weighted by Crippen LogP contribution is 2.32. The fraction of sp³-hybridized carbons (Fsp3) is 0.462. The lowest BCUT2D eigenvalue weighted by Gasteiger charge is -2.25. The monoisotopic (exact) mass is 250 g/mol. The Hall–Kier alpha value is -1.75. The zero-order chi connectivity index (χ0) is 13.1. The van der Waals surface area contributed by atoms with Crippen LogP contribution in [0.25, 0.3) is 0 Å². The summed E-state index contributed by atoms with van der Waals surface area (Å²) in [5.74, 6) is 0.0495. The van der Waals surface area contributed by atoms with Crippen LogP contribution >= 0.6 is 0 Å². The number of phenols is 1. The average molecular weight is 250 g/mol. The quantitative estimate of drug-likeness (QED) is 0.836. The van der Waals surface area contributed by atoms with Crippen LogP contribution in [0.3, 0.4) is 0 Å². The van der Waals surface area contributed by atoms with Gasteiger partial charge in [-0.2, -0.15) is 0 Å². The van der Waals surface area contributed by atoms with Gasteiger partial charge in [-0.3, -0.25) is 9.69 Å². The molecule has 2 rings (SSSR count). The van der Waals surface area contributed by atoms with E-state index in [1.165, 1.54) is 13.2 Å². The van der Waals surface area contributed by atoms with E-state index in [1.807, 2.05) is 0 Å². The molecule has 1 amide bonds. The molecule has 1 saturated heterocycles. The number of phenolic OH excluding ortho intramolecular Hbond substituents is 1. The molecule has 1 unspecified atom stereocenters. The van der Waals surface area contributed by atoms with Gasteiger partial charge in [0.05, 0.1) is 7.11 Å². The van der Waals surface area contributed by atoms with Crippen LogP contribution in [0.2, 0.25) is 0 Å². The van der Waals surface area contributed by atoms with E-state index in [0.717, 1.165) is 31.5 Å². The van der Waals surface area contributed by atoms with Gasteiger partial charge >= 0.3 is 0 Å². The second-order valence-electron chi connectivity index (χ2n) is 4.48. The summed E-state index contributed by atoms with van der Waals surface area (Å²) in [6.07, 6.45) is 2.16. The van der Waals surface area contributed by atoms with Crippen LogP contribution in [-0.4, -0.2) is 36.1 Å². The zero-order valence-corrected chi connectivity index (χ0v) is 10.4. The van der Waals surface area contributed by atoms with E-state index < -0.39 is 6.04 Å². The molecule has 1 atom stereocenters. The molecule has 18 heavy (non-hydrogen) atoms. The van der Waals surface area contributed by atoms with Crippen LogP contribution in [0.5, 0.6) is 11.5 Å². The van der Waals surface area contributed by atoms with Gasteiger partial charge in [0.2, 0.25) is 5.91 Å². The number of hydrogen-bond donors (Lipinski definition) is 2. The molecule has 1 heterocycles. The second-order valence-corrected chi connectivity index (χ2v) is 4.48. The van der Waals surface area contributed by atoms with Gasteiger partial charge in [0.25, 0.3) is 0 Å². The third-order valence-electron chi connectivity index (χ3n) is 3.29. The van der Waals surface area contributed by atoms with E-state index in [4.69, 9.17) is 10.5 Å². The Kier molecular flexibility index (Phi) is 3.72. The summed E-state index contributed by atoms with van der Waals surface area (Å²) in [4.78, 5) is 13.7. The molecule has 0 bridgehead atoms. The van der Waals surface area contributed by atoms with Crippen LogP contribution < -0.4 is 10.5 Å². The Balaban J connectivity index is 2.33. The van der Waals surface area contributed by atoms with E-state index in [2.05, 4.69) is 4.90 Å². The van der Waals surface area contributed by atoms with Crippen molar-refractivity contribution in [2.24, 2.45) is 5.73 Å². The molecule has 1 aromatic rings. The molecule has 0 saturated carbocycles. The molecule has 1 aliphatic rings. The van der Waals surface area contributed by atoms with Gasteiger partial charge in [-0.1, -0.05) is 6.07 Å². The van der Waals surface area contributed by atoms with Crippen molar-refractivity contribution < 1.29 is 14.6 Å². The molecule has 5 nitrogen and oxygen atoms in total. The third-order valence-corrected chi connectivity index (χ3v) is 3.29. The minimum atomic E-state index is -0.443. The number of rotatable bonds is 4. The van der Waals surface area contributed by atoms with Gasteiger partial charge in [-0.05, 0) is 43.6 Å². The normalized spacial score (nSPS) is 17.6. The first-order valence-corrected chi connectivity index (χ1v) is 6.03. The second kappa shape index (κ2) is 5.27. The van der Waals surface area contributed by atoms with Crippen LogP contribution in [0.4, 0.5) is 0 Å². The van der Waals surface area contributed by atoms with Crippen molar-refractivity contribution in [1.29, 1.82) is 0 Å². The van der Waals surface area contributed by atoms with E-state index >= 15 is 0 Å². The average Bonchev–Trinajstić information content (AvgIpc) is 2.84. The molecule has 0 radical (unpaired) electrons. The van der Waals surface area contributed by atoms with Crippen molar-refractivity contribution in [2.75, 3.05) is 20.2 Å². The maximum Gasteiger partial charge on any atom is 0.239 e. The topological polar surface area (TPSA) is 75.8 Å². The maximum absolute atomic E-state index is 11.6. The summed E-state index contributed by atoms with van der Waals surface area (Å²) in [5, 5.41) is 9.57. The molecule has 5 heteroatoms. The molecular weight excluding hydrogens is 232 g/mol. The van der Waals surface area contributed by atoms with Gasteiger partial charge in [0.15, 0.2) is 11.5 Å². The highest BCUT2D eigenvalue weighted by atomic mass is 16.5. The molecule has 1 fully saturated rings. The number of aromatic hydroxyl groups is 1. The van der Waals surface area contributed by atoms with Gasteiger partial charge in [-0.25, -0.2) is 0 Å². The number of amides is 1. The number of likely N-dealkylation sites (tertiary alicyclic amines) is 1. The molecule has 98 valence electrons. The predicted molar refractivity (Wildman–Crippen MR) is 67.4 cm³/mol. The minimum absolute atomic E-state index is 0.0610. The van der Waals surface area contributed by atoms with Crippen molar-refractivity contribution in [3.8, 4) is 11.5 Å². The first-order chi connectivity index (χ1) is 8.63. The summed E-state index contributed by atoms with van der Waals surface area (Å²) < 4.78 is 5.06. The number of nitrogens with two attached hydrogens (primary N) is 1. The molecule has 1 aromatic carbocycles. The smallest absolute Gasteiger partial charge is 0.239 e. The van der Waals surface area contributed by atoms with Crippen LogP contribution in [0, 0.1) is 0 Å². The van der Waals surface area contributed by atoms with Crippen molar-refractivity contribution in [2.45, 2.75) is 18.9 Å². The SMILES string of the molecule is COc1cc(C(C(N)=O)N2CCCC2)ccc1O. The summed E-state index contributed by atoms with van der Waals surface area (Å²) >= 11 is 0. The van der Waals surface area contributed by atoms with Crippen molar-refractivity contribution in [3.05, 3.63) is 23.8 Å². The van der Waals surface area contributed by atoms with Crippen molar-refractivity contribution in [1.82, 2.24) is 4.90 Å². The van der Waals surface area contributed by atoms with E-state index in [0.29, 0.717) is 5.75 Å². The molecule has 0 spiro atoms. The Morgan fingerprint density at radius 2 is 2.11 bits per heavy atom. The van der Waals surface area contributed by atoms with E-state index in [9.17, 15) is 9.90 Å². The first kappa shape index (κ1) is 12.7. The number of carbonyl (C=O) groups is 1. The third kappa shape index (κ3) is 2.41. The maximum atomic E-state index is 11.6. The number of ether oxygens (including phenoxy) is 1. The Labute approximate surface area is 106 Å². The summed E-state index contributed by atoms with van der Waals surface area (Å²) in [5.41, 5.74) is 6.26. The van der Waals surface area contributed by atoms with E-state index in [1.54, 1.807) is 12.1 Å². The lowest BCUT2D eigenvalue weighted by atomic mass is 10.0. The number of hydrogen-bond acceptors (Lipinski definition) is 4. The molecular formula is C13H18N2O3. The predicted octanol–water partition coefficient (Wildman–Crippen LogP) is 1.02. The fourth-order valence-corrected chi connectivity index (χ4v) is 2.42. The van der Waals surface area contributed by atoms with Gasteiger partial charge in [0, 0.05) is 0 Å². The summed E-state index contributed by atoms with van der Waals surface area (Å²) in [6, 6.07) is 4.47.